The molecule has 1 amide bonds. The fraction of sp³-hybridized carbons (Fsp3) is 0.333. The van der Waals surface area contributed by atoms with Gasteiger partial charge in [0.2, 0.25) is 5.69 Å². The van der Waals surface area contributed by atoms with E-state index in [9.17, 15) is 18.0 Å². The Hall–Kier alpha value is -2.51. The molecule has 0 atom stereocenters. The Morgan fingerprint density at radius 2 is 1.96 bits per heavy atom. The number of carbonyl (C=O) groups excluding carboxylic acids is 1. The van der Waals surface area contributed by atoms with Gasteiger partial charge >= 0.3 is 12.3 Å². The minimum Gasteiger partial charge on any atom is -0.406 e. The van der Waals surface area contributed by atoms with Gasteiger partial charge in [-0.05, 0) is 17.5 Å². The fourth-order valence-electron chi connectivity index (χ4n) is 2.09. The molecule has 0 saturated carbocycles. The molecule has 23 heavy (non-hydrogen) atoms. The Kier molecular flexibility index (Phi) is 4.63. The number of halogens is 3. The zero-order valence-electron chi connectivity index (χ0n) is 12.8. The van der Waals surface area contributed by atoms with Crippen LogP contribution in [0, 0.1) is 0 Å². The van der Waals surface area contributed by atoms with Crippen LogP contribution in [0.25, 0.3) is 0 Å². The summed E-state index contributed by atoms with van der Waals surface area (Å²) in [5.74, 6) is -0.504. The van der Waals surface area contributed by atoms with E-state index in [4.69, 9.17) is 4.74 Å². The summed E-state index contributed by atoms with van der Waals surface area (Å²) in [5, 5.41) is 5.74. The van der Waals surface area contributed by atoms with Crippen LogP contribution in [0.1, 0.15) is 31.0 Å². The second-order valence-corrected chi connectivity index (χ2v) is 5.27. The van der Waals surface area contributed by atoms with E-state index in [1.165, 1.54) is 7.05 Å². The first kappa shape index (κ1) is 16.9. The van der Waals surface area contributed by atoms with Gasteiger partial charge in [-0.15, -0.1) is 0 Å². The highest BCUT2D eigenvalue weighted by molar-refractivity contribution is 5.87. The summed E-state index contributed by atoms with van der Waals surface area (Å²) in [4.78, 5) is 11.9. The maximum atomic E-state index is 12.8. The van der Waals surface area contributed by atoms with Crippen molar-refractivity contribution in [2.75, 3.05) is 5.32 Å². The SMILES string of the molecule is CC(C)c1ccccc1NC(=O)Oc1cn(C)nc1C(F)(F)F. The lowest BCUT2D eigenvalue weighted by Crippen LogP contribution is -2.19. The number of rotatable bonds is 3. The van der Waals surface area contributed by atoms with Crippen molar-refractivity contribution in [3.63, 3.8) is 0 Å². The highest BCUT2D eigenvalue weighted by atomic mass is 19.4. The van der Waals surface area contributed by atoms with Crippen LogP contribution in [0.2, 0.25) is 0 Å². The molecule has 0 saturated heterocycles. The van der Waals surface area contributed by atoms with Crippen molar-refractivity contribution in [2.24, 2.45) is 7.05 Å². The minimum absolute atomic E-state index is 0.135. The van der Waals surface area contributed by atoms with E-state index in [1.54, 1.807) is 12.1 Å². The standard InChI is InChI=1S/C15H16F3N3O2/c1-9(2)10-6-4-5-7-11(10)19-14(22)23-12-8-21(3)20-13(12)15(16,17)18/h4-9H,1-3H3,(H,19,22). The van der Waals surface area contributed by atoms with E-state index >= 15 is 0 Å². The van der Waals surface area contributed by atoms with E-state index in [-0.39, 0.29) is 5.92 Å². The largest absolute Gasteiger partial charge is 0.438 e. The maximum absolute atomic E-state index is 12.8. The van der Waals surface area contributed by atoms with Gasteiger partial charge in [-0.3, -0.25) is 10.00 Å². The zero-order valence-corrected chi connectivity index (χ0v) is 12.8. The van der Waals surface area contributed by atoms with Crippen molar-refractivity contribution in [1.29, 1.82) is 0 Å². The number of aryl methyl sites for hydroxylation is 1. The van der Waals surface area contributed by atoms with E-state index in [0.29, 0.717) is 5.69 Å². The zero-order chi connectivity index (χ0) is 17.2. The minimum atomic E-state index is -4.70. The van der Waals surface area contributed by atoms with Crippen LogP contribution in [0.15, 0.2) is 30.5 Å². The average molecular weight is 327 g/mol. The first-order valence-corrected chi connectivity index (χ1v) is 6.87. The monoisotopic (exact) mass is 327 g/mol. The van der Waals surface area contributed by atoms with Crippen LogP contribution >= 0.6 is 0 Å². The highest BCUT2D eigenvalue weighted by Crippen LogP contribution is 2.35. The van der Waals surface area contributed by atoms with Crippen LogP contribution in [-0.4, -0.2) is 15.9 Å². The lowest BCUT2D eigenvalue weighted by molar-refractivity contribution is -0.142. The highest BCUT2D eigenvalue weighted by Gasteiger charge is 2.38. The van der Waals surface area contributed by atoms with Crippen molar-refractivity contribution in [2.45, 2.75) is 25.9 Å². The molecule has 1 aromatic carbocycles. The van der Waals surface area contributed by atoms with Crippen molar-refractivity contribution in [3.05, 3.63) is 41.7 Å². The van der Waals surface area contributed by atoms with E-state index in [2.05, 4.69) is 10.4 Å². The van der Waals surface area contributed by atoms with Crippen molar-refractivity contribution < 1.29 is 22.7 Å². The van der Waals surface area contributed by atoms with Gasteiger partial charge in [-0.25, -0.2) is 4.79 Å². The first-order valence-electron chi connectivity index (χ1n) is 6.87. The molecular weight excluding hydrogens is 311 g/mol. The number of carbonyl (C=O) groups is 1. The van der Waals surface area contributed by atoms with Gasteiger partial charge in [0.1, 0.15) is 0 Å². The van der Waals surface area contributed by atoms with Crippen LogP contribution in [0.5, 0.6) is 5.75 Å². The molecule has 0 aliphatic heterocycles. The van der Waals surface area contributed by atoms with Gasteiger partial charge in [0.15, 0.2) is 5.75 Å². The summed E-state index contributed by atoms with van der Waals surface area (Å²) >= 11 is 0. The molecule has 0 unspecified atom stereocenters. The Morgan fingerprint density at radius 1 is 1.30 bits per heavy atom. The summed E-state index contributed by atoms with van der Waals surface area (Å²) in [6, 6.07) is 7.01. The van der Waals surface area contributed by atoms with Crippen molar-refractivity contribution in [1.82, 2.24) is 9.78 Å². The summed E-state index contributed by atoms with van der Waals surface area (Å²) < 4.78 is 44.2. The summed E-state index contributed by atoms with van der Waals surface area (Å²) in [6.07, 6.45) is -4.71. The molecule has 2 rings (SSSR count). The van der Waals surface area contributed by atoms with Gasteiger partial charge in [-0.1, -0.05) is 32.0 Å². The lowest BCUT2D eigenvalue weighted by Gasteiger charge is -2.13. The Balaban J connectivity index is 2.19. The molecule has 0 spiro atoms. The van der Waals surface area contributed by atoms with Gasteiger partial charge < -0.3 is 4.74 Å². The Labute approximate surface area is 131 Å². The number of amides is 1. The molecule has 0 aliphatic rings. The summed E-state index contributed by atoms with van der Waals surface area (Å²) in [7, 11) is 1.31. The molecule has 0 bridgehead atoms. The van der Waals surface area contributed by atoms with Gasteiger partial charge in [0.25, 0.3) is 0 Å². The van der Waals surface area contributed by atoms with Gasteiger partial charge in [0.05, 0.1) is 6.20 Å². The third kappa shape index (κ3) is 4.02. The second kappa shape index (κ2) is 6.31. The number of hydrogen-bond acceptors (Lipinski definition) is 3. The predicted molar refractivity (Wildman–Crippen MR) is 78.4 cm³/mol. The van der Waals surface area contributed by atoms with Gasteiger partial charge in [0, 0.05) is 12.7 Å². The Morgan fingerprint density at radius 3 is 2.57 bits per heavy atom. The third-order valence-electron chi connectivity index (χ3n) is 3.09. The first-order chi connectivity index (χ1) is 10.7. The van der Waals surface area contributed by atoms with E-state index in [0.717, 1.165) is 16.4 Å². The molecule has 1 aromatic heterocycles. The van der Waals surface area contributed by atoms with Gasteiger partial charge in [-0.2, -0.15) is 18.3 Å². The molecular formula is C15H16F3N3O2. The number of para-hydroxylation sites is 1. The van der Waals surface area contributed by atoms with Crippen LogP contribution in [-0.2, 0) is 13.2 Å². The number of hydrogen-bond donors (Lipinski definition) is 1. The predicted octanol–water partition coefficient (Wildman–Crippen LogP) is 4.17. The summed E-state index contributed by atoms with van der Waals surface area (Å²) in [5.41, 5.74) is 0.101. The lowest BCUT2D eigenvalue weighted by atomic mass is 10.0. The van der Waals surface area contributed by atoms with Crippen LogP contribution in [0.3, 0.4) is 0 Å². The van der Waals surface area contributed by atoms with Crippen LogP contribution < -0.4 is 10.1 Å². The van der Waals surface area contributed by atoms with E-state index in [1.807, 2.05) is 26.0 Å². The molecule has 5 nitrogen and oxygen atoms in total. The smallest absolute Gasteiger partial charge is 0.406 e. The molecule has 1 N–H and O–H groups in total. The van der Waals surface area contributed by atoms with Crippen molar-refractivity contribution in [3.8, 4) is 5.75 Å². The number of nitrogens with zero attached hydrogens (tertiary/aromatic N) is 2. The molecule has 8 heteroatoms. The number of aromatic nitrogens is 2. The normalized spacial score (nSPS) is 11.6. The Bertz CT molecular complexity index is 708. The molecule has 1 heterocycles. The molecule has 0 radical (unpaired) electrons. The molecule has 2 aromatic rings. The number of benzene rings is 1. The number of alkyl halides is 3. The summed E-state index contributed by atoms with van der Waals surface area (Å²) in [6.45, 7) is 3.88. The fourth-order valence-corrected chi connectivity index (χ4v) is 2.09. The number of anilines is 1. The third-order valence-corrected chi connectivity index (χ3v) is 3.09. The molecule has 124 valence electrons. The number of nitrogens with one attached hydrogen (secondary N) is 1. The molecule has 0 aliphatic carbocycles. The van der Waals surface area contributed by atoms with Crippen molar-refractivity contribution >= 4 is 11.8 Å². The molecule has 0 fully saturated rings. The quantitative estimate of drug-likeness (QED) is 0.920. The maximum Gasteiger partial charge on any atom is 0.438 e. The van der Waals surface area contributed by atoms with Crippen LogP contribution in [0.4, 0.5) is 23.7 Å². The topological polar surface area (TPSA) is 56.1 Å². The van der Waals surface area contributed by atoms with E-state index < -0.39 is 23.7 Å². The average Bonchev–Trinajstić information content (AvgIpc) is 2.79. The number of ether oxygens (including phenoxy) is 1. The second-order valence-electron chi connectivity index (χ2n) is 5.27.